The fourth-order valence-corrected chi connectivity index (χ4v) is 2.15. The summed E-state index contributed by atoms with van der Waals surface area (Å²) in [6, 6.07) is 5.18. The van der Waals surface area contributed by atoms with Gasteiger partial charge in [-0.15, -0.1) is 0 Å². The number of rotatable bonds is 4. The Labute approximate surface area is 112 Å². The van der Waals surface area contributed by atoms with Crippen molar-refractivity contribution in [1.29, 1.82) is 0 Å². The van der Waals surface area contributed by atoms with Crippen LogP contribution in [0.4, 0.5) is 0 Å². The van der Waals surface area contributed by atoms with Gasteiger partial charge in [0.15, 0.2) is 0 Å². The fraction of sp³-hybridized carbons (Fsp3) is 0.357. The maximum atomic E-state index is 12.2. The van der Waals surface area contributed by atoms with Gasteiger partial charge in [0.05, 0.1) is 12.2 Å². The lowest BCUT2D eigenvalue weighted by atomic mass is 10.0. The van der Waals surface area contributed by atoms with E-state index in [1.807, 2.05) is 18.2 Å². The first-order valence-corrected chi connectivity index (χ1v) is 6.32. The number of amides is 2. The molecular weight excluding hydrogens is 242 g/mol. The van der Waals surface area contributed by atoms with Gasteiger partial charge in [0.2, 0.25) is 11.8 Å². The van der Waals surface area contributed by atoms with E-state index < -0.39 is 6.04 Å². The molecule has 1 saturated heterocycles. The highest BCUT2D eigenvalue weighted by Gasteiger charge is 2.29. The van der Waals surface area contributed by atoms with Gasteiger partial charge in [0.1, 0.15) is 6.04 Å². The van der Waals surface area contributed by atoms with Crippen LogP contribution in [0.3, 0.4) is 0 Å². The molecule has 1 atom stereocenters. The standard InChI is InChI=1S/C14H17N3O2/c1-2-13(18)16-12-7-5-9-17(14(12)19)10-11-6-3-4-8-15-11/h2-4,6,8,12H,1,5,7,9-10H2,(H,16,18). The topological polar surface area (TPSA) is 62.3 Å². The minimum atomic E-state index is -0.442. The van der Waals surface area contributed by atoms with Crippen LogP contribution in [0.2, 0.25) is 0 Å². The van der Waals surface area contributed by atoms with Crippen molar-refractivity contribution in [2.45, 2.75) is 25.4 Å². The van der Waals surface area contributed by atoms with Crippen LogP contribution >= 0.6 is 0 Å². The van der Waals surface area contributed by atoms with Crippen molar-refractivity contribution in [1.82, 2.24) is 15.2 Å². The van der Waals surface area contributed by atoms with Crippen molar-refractivity contribution in [2.75, 3.05) is 6.54 Å². The Bertz CT molecular complexity index is 473. The molecule has 0 bridgehead atoms. The normalized spacial score (nSPS) is 19.1. The fourth-order valence-electron chi connectivity index (χ4n) is 2.15. The van der Waals surface area contributed by atoms with Crippen molar-refractivity contribution in [3.63, 3.8) is 0 Å². The Kier molecular flexibility index (Phi) is 4.28. The van der Waals surface area contributed by atoms with Crippen molar-refractivity contribution >= 4 is 11.8 Å². The predicted molar refractivity (Wildman–Crippen MR) is 71.0 cm³/mol. The van der Waals surface area contributed by atoms with E-state index in [4.69, 9.17) is 0 Å². The summed E-state index contributed by atoms with van der Waals surface area (Å²) in [6.07, 6.45) is 4.45. The molecule has 2 amide bonds. The highest BCUT2D eigenvalue weighted by atomic mass is 16.2. The molecule has 2 heterocycles. The summed E-state index contributed by atoms with van der Waals surface area (Å²) in [5, 5.41) is 2.67. The number of carbonyl (C=O) groups is 2. The molecule has 0 radical (unpaired) electrons. The number of hydrogen-bond acceptors (Lipinski definition) is 3. The number of aromatic nitrogens is 1. The molecule has 0 aromatic carbocycles. The van der Waals surface area contributed by atoms with Gasteiger partial charge in [-0.3, -0.25) is 14.6 Å². The smallest absolute Gasteiger partial charge is 0.245 e. The maximum absolute atomic E-state index is 12.2. The van der Waals surface area contributed by atoms with Crippen LogP contribution in [0.1, 0.15) is 18.5 Å². The molecule has 1 aromatic heterocycles. The van der Waals surface area contributed by atoms with E-state index in [1.54, 1.807) is 11.1 Å². The second-order valence-electron chi connectivity index (χ2n) is 4.49. The zero-order chi connectivity index (χ0) is 13.7. The highest BCUT2D eigenvalue weighted by Crippen LogP contribution is 2.14. The average molecular weight is 259 g/mol. The molecule has 0 saturated carbocycles. The molecule has 1 N–H and O–H groups in total. The SMILES string of the molecule is C=CC(=O)NC1CCCN(Cc2ccccn2)C1=O. The van der Waals surface area contributed by atoms with E-state index >= 15 is 0 Å². The number of nitrogens with zero attached hydrogens (tertiary/aromatic N) is 2. The lowest BCUT2D eigenvalue weighted by Crippen LogP contribution is -2.51. The summed E-state index contributed by atoms with van der Waals surface area (Å²) in [7, 11) is 0. The van der Waals surface area contributed by atoms with Crippen LogP contribution in [0.15, 0.2) is 37.1 Å². The molecule has 0 aliphatic carbocycles. The lowest BCUT2D eigenvalue weighted by molar-refractivity contribution is -0.138. The van der Waals surface area contributed by atoms with E-state index in [-0.39, 0.29) is 11.8 Å². The summed E-state index contributed by atoms with van der Waals surface area (Å²) in [5.41, 5.74) is 0.853. The minimum Gasteiger partial charge on any atom is -0.341 e. The molecule has 5 heteroatoms. The van der Waals surface area contributed by atoms with Crippen molar-refractivity contribution in [3.05, 3.63) is 42.7 Å². The van der Waals surface area contributed by atoms with Gasteiger partial charge in [-0.1, -0.05) is 12.6 Å². The van der Waals surface area contributed by atoms with Crippen molar-refractivity contribution < 1.29 is 9.59 Å². The summed E-state index contributed by atoms with van der Waals surface area (Å²) >= 11 is 0. The Morgan fingerprint density at radius 3 is 3.11 bits per heavy atom. The second kappa shape index (κ2) is 6.13. The number of nitrogens with one attached hydrogen (secondary N) is 1. The predicted octanol–water partition coefficient (Wildman–Crippen LogP) is 0.875. The molecule has 19 heavy (non-hydrogen) atoms. The highest BCUT2D eigenvalue weighted by molar-refractivity contribution is 5.92. The third-order valence-corrected chi connectivity index (χ3v) is 3.11. The third kappa shape index (κ3) is 3.40. The van der Waals surface area contributed by atoms with E-state index in [0.717, 1.165) is 12.1 Å². The first-order chi connectivity index (χ1) is 9.20. The number of likely N-dealkylation sites (tertiary alicyclic amines) is 1. The van der Waals surface area contributed by atoms with E-state index in [2.05, 4.69) is 16.9 Å². The van der Waals surface area contributed by atoms with E-state index in [1.165, 1.54) is 6.08 Å². The zero-order valence-corrected chi connectivity index (χ0v) is 10.7. The largest absolute Gasteiger partial charge is 0.341 e. The molecule has 2 rings (SSSR count). The van der Waals surface area contributed by atoms with Gasteiger partial charge in [-0.2, -0.15) is 0 Å². The van der Waals surface area contributed by atoms with Crippen LogP contribution in [0, 0.1) is 0 Å². The van der Waals surface area contributed by atoms with Gasteiger partial charge < -0.3 is 10.2 Å². The van der Waals surface area contributed by atoms with Crippen LogP contribution < -0.4 is 5.32 Å². The van der Waals surface area contributed by atoms with Crippen LogP contribution in [-0.4, -0.2) is 34.3 Å². The zero-order valence-electron chi connectivity index (χ0n) is 10.7. The monoisotopic (exact) mass is 259 g/mol. The van der Waals surface area contributed by atoms with E-state index in [9.17, 15) is 9.59 Å². The quantitative estimate of drug-likeness (QED) is 0.816. The first-order valence-electron chi connectivity index (χ1n) is 6.32. The summed E-state index contributed by atoms with van der Waals surface area (Å²) in [5.74, 6) is -0.356. The summed E-state index contributed by atoms with van der Waals surface area (Å²) in [4.78, 5) is 29.5. The number of piperidine rings is 1. The van der Waals surface area contributed by atoms with Gasteiger partial charge in [0.25, 0.3) is 0 Å². The molecule has 1 aliphatic rings. The average Bonchev–Trinajstić information content (AvgIpc) is 2.44. The number of carbonyl (C=O) groups excluding carboxylic acids is 2. The molecule has 1 aliphatic heterocycles. The van der Waals surface area contributed by atoms with Crippen molar-refractivity contribution in [3.8, 4) is 0 Å². The van der Waals surface area contributed by atoms with Gasteiger partial charge in [-0.05, 0) is 31.1 Å². The summed E-state index contributed by atoms with van der Waals surface area (Å²) in [6.45, 7) is 4.58. The Morgan fingerprint density at radius 2 is 2.42 bits per heavy atom. The Hall–Kier alpha value is -2.17. The molecule has 1 aromatic rings. The molecule has 1 unspecified atom stereocenters. The Balaban J connectivity index is 2.00. The summed E-state index contributed by atoms with van der Waals surface area (Å²) < 4.78 is 0. The maximum Gasteiger partial charge on any atom is 0.245 e. The van der Waals surface area contributed by atoms with Crippen LogP contribution in [0.5, 0.6) is 0 Å². The molecule has 100 valence electrons. The molecule has 5 nitrogen and oxygen atoms in total. The minimum absolute atomic E-state index is 0.0490. The molecular formula is C14H17N3O2. The number of pyridine rings is 1. The van der Waals surface area contributed by atoms with Crippen LogP contribution in [0.25, 0.3) is 0 Å². The second-order valence-corrected chi connectivity index (χ2v) is 4.49. The first kappa shape index (κ1) is 13.3. The number of hydrogen-bond donors (Lipinski definition) is 1. The van der Waals surface area contributed by atoms with Gasteiger partial charge in [-0.25, -0.2) is 0 Å². The van der Waals surface area contributed by atoms with Gasteiger partial charge in [0, 0.05) is 12.7 Å². The Morgan fingerprint density at radius 1 is 1.58 bits per heavy atom. The molecule has 0 spiro atoms. The van der Waals surface area contributed by atoms with E-state index in [0.29, 0.717) is 19.5 Å². The van der Waals surface area contributed by atoms with Crippen molar-refractivity contribution in [2.24, 2.45) is 0 Å². The van der Waals surface area contributed by atoms with Gasteiger partial charge >= 0.3 is 0 Å². The lowest BCUT2D eigenvalue weighted by Gasteiger charge is -2.32. The molecule has 1 fully saturated rings. The van der Waals surface area contributed by atoms with Crippen LogP contribution in [-0.2, 0) is 16.1 Å². The third-order valence-electron chi connectivity index (χ3n) is 3.11.